The molecule has 1 aliphatic carbocycles. The third-order valence-electron chi connectivity index (χ3n) is 3.73. The Bertz CT molecular complexity index is 309. The van der Waals surface area contributed by atoms with E-state index in [0.717, 1.165) is 19.3 Å². The lowest BCUT2D eigenvalue weighted by Gasteiger charge is -2.27. The van der Waals surface area contributed by atoms with E-state index in [4.69, 9.17) is 0 Å². The van der Waals surface area contributed by atoms with E-state index >= 15 is 0 Å². The van der Waals surface area contributed by atoms with Gasteiger partial charge in [0.1, 0.15) is 0 Å². The number of sulfone groups is 1. The third kappa shape index (κ3) is 2.74. The molecule has 0 heterocycles. The minimum atomic E-state index is -2.87. The largest absolute Gasteiger partial charge is 0.228 e. The Morgan fingerprint density at radius 2 is 1.67 bits per heavy atom. The Balaban J connectivity index is 2.73. The molecular formula is C12H24O2S. The van der Waals surface area contributed by atoms with Crippen LogP contribution in [0.3, 0.4) is 0 Å². The highest BCUT2D eigenvalue weighted by Crippen LogP contribution is 2.42. The molecule has 1 fully saturated rings. The summed E-state index contributed by atoms with van der Waals surface area (Å²) in [5.41, 5.74) is 0.251. The Hall–Kier alpha value is -0.0500. The minimum Gasteiger partial charge on any atom is -0.228 e. The van der Waals surface area contributed by atoms with Crippen molar-refractivity contribution in [1.82, 2.24) is 0 Å². The topological polar surface area (TPSA) is 34.1 Å². The number of hydrogen-bond acceptors (Lipinski definition) is 2. The molecule has 2 unspecified atom stereocenters. The summed E-state index contributed by atoms with van der Waals surface area (Å²) in [4.78, 5) is 0. The molecule has 0 aromatic heterocycles. The number of rotatable bonds is 2. The van der Waals surface area contributed by atoms with Gasteiger partial charge in [0.25, 0.3) is 0 Å². The molecule has 3 heteroatoms. The van der Waals surface area contributed by atoms with E-state index in [-0.39, 0.29) is 15.9 Å². The van der Waals surface area contributed by atoms with E-state index in [9.17, 15) is 8.42 Å². The third-order valence-corrected chi connectivity index (χ3v) is 6.40. The van der Waals surface area contributed by atoms with Crippen molar-refractivity contribution in [3.8, 4) is 0 Å². The molecule has 0 bridgehead atoms. The van der Waals surface area contributed by atoms with Crippen molar-refractivity contribution in [2.75, 3.05) is 0 Å². The van der Waals surface area contributed by atoms with Gasteiger partial charge in [-0.1, -0.05) is 20.8 Å². The molecular weight excluding hydrogens is 208 g/mol. The molecule has 0 aliphatic heterocycles. The van der Waals surface area contributed by atoms with E-state index < -0.39 is 9.84 Å². The fourth-order valence-corrected chi connectivity index (χ4v) is 4.14. The van der Waals surface area contributed by atoms with Crippen molar-refractivity contribution in [2.24, 2.45) is 11.3 Å². The molecule has 0 saturated heterocycles. The molecule has 0 aromatic rings. The second kappa shape index (κ2) is 4.08. The Kier molecular flexibility index (Phi) is 3.54. The van der Waals surface area contributed by atoms with Gasteiger partial charge in [-0.3, -0.25) is 0 Å². The van der Waals surface area contributed by atoms with Gasteiger partial charge in [0.05, 0.1) is 10.5 Å². The molecule has 0 amide bonds. The summed E-state index contributed by atoms with van der Waals surface area (Å²) < 4.78 is 24.0. The van der Waals surface area contributed by atoms with E-state index in [0.29, 0.717) is 5.92 Å². The van der Waals surface area contributed by atoms with Gasteiger partial charge in [-0.2, -0.15) is 0 Å². The highest BCUT2D eigenvalue weighted by molar-refractivity contribution is 7.92. The van der Waals surface area contributed by atoms with Crippen molar-refractivity contribution in [2.45, 2.75) is 64.4 Å². The first-order chi connectivity index (χ1) is 6.65. The van der Waals surface area contributed by atoms with Gasteiger partial charge >= 0.3 is 0 Å². The van der Waals surface area contributed by atoms with E-state index in [1.54, 1.807) is 13.8 Å². The van der Waals surface area contributed by atoms with E-state index in [1.165, 1.54) is 0 Å². The Morgan fingerprint density at radius 3 is 2.00 bits per heavy atom. The van der Waals surface area contributed by atoms with Gasteiger partial charge in [-0.15, -0.1) is 0 Å². The normalized spacial score (nSPS) is 28.7. The summed E-state index contributed by atoms with van der Waals surface area (Å²) >= 11 is 0. The monoisotopic (exact) mass is 232 g/mol. The van der Waals surface area contributed by atoms with Gasteiger partial charge in [0, 0.05) is 0 Å². The molecule has 1 saturated carbocycles. The van der Waals surface area contributed by atoms with Crippen LogP contribution < -0.4 is 0 Å². The fraction of sp³-hybridized carbons (Fsp3) is 1.00. The lowest BCUT2D eigenvalue weighted by atomic mass is 9.80. The van der Waals surface area contributed by atoms with Crippen molar-refractivity contribution in [3.05, 3.63) is 0 Å². The molecule has 2 nitrogen and oxygen atoms in total. The van der Waals surface area contributed by atoms with Crippen LogP contribution in [0.4, 0.5) is 0 Å². The van der Waals surface area contributed by atoms with Crippen molar-refractivity contribution in [1.29, 1.82) is 0 Å². The zero-order valence-corrected chi connectivity index (χ0v) is 11.4. The van der Waals surface area contributed by atoms with Gasteiger partial charge in [0.2, 0.25) is 0 Å². The SMILES string of the molecule is CC(C)S(=O)(=O)C1CCC(C(C)(C)C)C1. The Morgan fingerprint density at radius 1 is 1.13 bits per heavy atom. The van der Waals surface area contributed by atoms with Gasteiger partial charge < -0.3 is 0 Å². The second-order valence-electron chi connectivity index (χ2n) is 6.14. The summed E-state index contributed by atoms with van der Waals surface area (Å²) in [6.45, 7) is 10.2. The summed E-state index contributed by atoms with van der Waals surface area (Å²) in [6, 6.07) is 0. The zero-order chi connectivity index (χ0) is 11.9. The van der Waals surface area contributed by atoms with Crippen molar-refractivity contribution < 1.29 is 8.42 Å². The minimum absolute atomic E-state index is 0.0817. The van der Waals surface area contributed by atoms with Crippen LogP contribution in [0.5, 0.6) is 0 Å². The summed E-state index contributed by atoms with van der Waals surface area (Å²) in [5, 5.41) is -0.303. The van der Waals surface area contributed by atoms with Gasteiger partial charge in [-0.05, 0) is 44.4 Å². The van der Waals surface area contributed by atoms with Crippen LogP contribution in [0.1, 0.15) is 53.9 Å². The van der Waals surface area contributed by atoms with E-state index in [1.807, 2.05) is 0 Å². The smallest absolute Gasteiger partial charge is 0.155 e. The van der Waals surface area contributed by atoms with Crippen LogP contribution in [-0.4, -0.2) is 18.9 Å². The summed E-state index contributed by atoms with van der Waals surface area (Å²) in [5.74, 6) is 0.566. The van der Waals surface area contributed by atoms with Crippen LogP contribution in [0.2, 0.25) is 0 Å². The van der Waals surface area contributed by atoms with Crippen LogP contribution in [0.25, 0.3) is 0 Å². The maximum atomic E-state index is 12.0. The maximum absolute atomic E-state index is 12.0. The average Bonchev–Trinajstić information content (AvgIpc) is 2.50. The van der Waals surface area contributed by atoms with Gasteiger partial charge in [0.15, 0.2) is 9.84 Å². The maximum Gasteiger partial charge on any atom is 0.155 e. The predicted molar refractivity (Wildman–Crippen MR) is 64.6 cm³/mol. The summed E-state index contributed by atoms with van der Waals surface area (Å²) in [7, 11) is -2.87. The standard InChI is InChI=1S/C12H24O2S/c1-9(2)15(13,14)11-7-6-10(8-11)12(3,4)5/h9-11H,6-8H2,1-5H3. The molecule has 0 aromatic carbocycles. The van der Waals surface area contributed by atoms with Crippen LogP contribution in [0.15, 0.2) is 0 Å². The van der Waals surface area contributed by atoms with Crippen LogP contribution in [0, 0.1) is 11.3 Å². The average molecular weight is 232 g/mol. The second-order valence-corrected chi connectivity index (χ2v) is 8.92. The predicted octanol–water partition coefficient (Wildman–Crippen LogP) is 3.02. The first-order valence-corrected chi connectivity index (χ1v) is 7.49. The summed E-state index contributed by atoms with van der Waals surface area (Å²) in [6.07, 6.45) is 2.80. The molecule has 15 heavy (non-hydrogen) atoms. The van der Waals surface area contributed by atoms with E-state index in [2.05, 4.69) is 20.8 Å². The molecule has 0 spiro atoms. The van der Waals surface area contributed by atoms with Gasteiger partial charge in [-0.25, -0.2) is 8.42 Å². The zero-order valence-electron chi connectivity index (χ0n) is 10.6. The van der Waals surface area contributed by atoms with Crippen LogP contribution >= 0.6 is 0 Å². The highest BCUT2D eigenvalue weighted by Gasteiger charge is 2.39. The number of hydrogen-bond donors (Lipinski definition) is 0. The Labute approximate surface area is 94.4 Å². The first kappa shape index (κ1) is 13.0. The lowest BCUT2D eigenvalue weighted by molar-refractivity contribution is 0.246. The molecule has 90 valence electrons. The molecule has 1 aliphatic rings. The first-order valence-electron chi connectivity index (χ1n) is 5.88. The molecule has 0 N–H and O–H groups in total. The van der Waals surface area contributed by atoms with Crippen molar-refractivity contribution in [3.63, 3.8) is 0 Å². The highest BCUT2D eigenvalue weighted by atomic mass is 32.2. The molecule has 0 radical (unpaired) electrons. The molecule has 2 atom stereocenters. The van der Waals surface area contributed by atoms with Crippen LogP contribution in [-0.2, 0) is 9.84 Å². The fourth-order valence-electron chi connectivity index (χ4n) is 2.41. The quantitative estimate of drug-likeness (QED) is 0.733. The van der Waals surface area contributed by atoms with Crippen molar-refractivity contribution >= 4 is 9.84 Å². The molecule has 1 rings (SSSR count). The lowest BCUT2D eigenvalue weighted by Crippen LogP contribution is -2.27.